The molecule has 0 radical (unpaired) electrons. The summed E-state index contributed by atoms with van der Waals surface area (Å²) in [5.74, 6) is -1.84. The van der Waals surface area contributed by atoms with Gasteiger partial charge >= 0.3 is 6.18 Å². The number of hydrogen-bond donors (Lipinski definition) is 0. The summed E-state index contributed by atoms with van der Waals surface area (Å²) in [4.78, 5) is 11.6. The van der Waals surface area contributed by atoms with Crippen LogP contribution in [-0.2, 0) is 10.9 Å². The highest BCUT2D eigenvalue weighted by atomic mass is 19.4. The van der Waals surface area contributed by atoms with Gasteiger partial charge in [-0.15, -0.1) is 0 Å². The van der Waals surface area contributed by atoms with Crippen molar-refractivity contribution in [3.8, 4) is 0 Å². The molecule has 0 aromatic heterocycles. The minimum Gasteiger partial charge on any atom is -0.385 e. The summed E-state index contributed by atoms with van der Waals surface area (Å²) >= 11 is 0. The summed E-state index contributed by atoms with van der Waals surface area (Å²) in [5, 5.41) is 0. The topological polar surface area (TPSA) is 26.3 Å². The molecule has 100 valence electrons. The van der Waals surface area contributed by atoms with Gasteiger partial charge in [-0.2, -0.15) is 13.2 Å². The molecule has 0 saturated heterocycles. The lowest BCUT2D eigenvalue weighted by Crippen LogP contribution is -2.10. The lowest BCUT2D eigenvalue weighted by Gasteiger charge is -2.09. The van der Waals surface area contributed by atoms with Crippen molar-refractivity contribution in [3.63, 3.8) is 0 Å². The first-order valence-corrected chi connectivity index (χ1v) is 5.25. The zero-order valence-corrected chi connectivity index (χ0v) is 9.68. The lowest BCUT2D eigenvalue weighted by molar-refractivity contribution is -0.140. The number of carbonyl (C=O) groups is 1. The van der Waals surface area contributed by atoms with Gasteiger partial charge in [0.25, 0.3) is 0 Å². The van der Waals surface area contributed by atoms with Gasteiger partial charge in [-0.3, -0.25) is 4.79 Å². The fourth-order valence-electron chi connectivity index (χ4n) is 1.44. The normalized spacial score (nSPS) is 11.6. The molecule has 0 N–H and O–H groups in total. The van der Waals surface area contributed by atoms with Gasteiger partial charge in [0, 0.05) is 25.7 Å². The Labute approximate surface area is 102 Å². The van der Waals surface area contributed by atoms with Gasteiger partial charge in [0.1, 0.15) is 5.82 Å². The molecular formula is C12H12F4O2. The minimum atomic E-state index is -4.80. The van der Waals surface area contributed by atoms with Gasteiger partial charge in [-0.05, 0) is 24.6 Å². The van der Waals surface area contributed by atoms with E-state index in [9.17, 15) is 22.4 Å². The first-order chi connectivity index (χ1) is 8.36. The van der Waals surface area contributed by atoms with E-state index in [1.807, 2.05) is 0 Å². The van der Waals surface area contributed by atoms with Crippen molar-refractivity contribution < 1.29 is 27.1 Å². The fourth-order valence-corrected chi connectivity index (χ4v) is 1.44. The smallest absolute Gasteiger partial charge is 0.385 e. The number of Topliss-reactive ketones (excluding diaryl/α,β-unsaturated/α-hetero) is 1. The maximum Gasteiger partial charge on any atom is 0.419 e. The molecule has 0 amide bonds. The first-order valence-electron chi connectivity index (χ1n) is 5.25. The molecule has 0 bridgehead atoms. The number of halogens is 4. The molecule has 0 unspecified atom stereocenters. The second-order valence-electron chi connectivity index (χ2n) is 3.71. The summed E-state index contributed by atoms with van der Waals surface area (Å²) in [5.41, 5.74) is -1.56. The molecule has 0 saturated carbocycles. The Morgan fingerprint density at radius 2 is 2.00 bits per heavy atom. The van der Waals surface area contributed by atoms with Crippen LogP contribution in [-0.4, -0.2) is 19.5 Å². The van der Waals surface area contributed by atoms with Gasteiger partial charge in [-0.25, -0.2) is 4.39 Å². The number of ketones is 1. The maximum atomic E-state index is 13.0. The summed E-state index contributed by atoms with van der Waals surface area (Å²) in [6.07, 6.45) is -4.32. The van der Waals surface area contributed by atoms with Crippen molar-refractivity contribution in [2.24, 2.45) is 0 Å². The number of carbonyl (C=O) groups excluding carboxylic acids is 1. The molecule has 18 heavy (non-hydrogen) atoms. The van der Waals surface area contributed by atoms with Crippen LogP contribution >= 0.6 is 0 Å². The average Bonchev–Trinajstić information content (AvgIpc) is 2.28. The second-order valence-corrected chi connectivity index (χ2v) is 3.71. The molecule has 6 heteroatoms. The van der Waals surface area contributed by atoms with Crippen molar-refractivity contribution in [3.05, 3.63) is 35.1 Å². The third-order valence-corrected chi connectivity index (χ3v) is 2.35. The van der Waals surface area contributed by atoms with E-state index in [0.29, 0.717) is 25.2 Å². The summed E-state index contributed by atoms with van der Waals surface area (Å²) in [6, 6.07) is 2.26. The van der Waals surface area contributed by atoms with Gasteiger partial charge < -0.3 is 4.74 Å². The minimum absolute atomic E-state index is 0.0662. The third kappa shape index (κ3) is 3.80. The van der Waals surface area contributed by atoms with E-state index in [-0.39, 0.29) is 12.0 Å². The van der Waals surface area contributed by atoms with E-state index in [1.54, 1.807) is 0 Å². The zero-order chi connectivity index (χ0) is 13.8. The van der Waals surface area contributed by atoms with Crippen molar-refractivity contribution in [2.45, 2.75) is 19.0 Å². The molecule has 0 heterocycles. The number of benzene rings is 1. The van der Waals surface area contributed by atoms with Crippen molar-refractivity contribution in [1.29, 1.82) is 0 Å². The van der Waals surface area contributed by atoms with Crippen LogP contribution in [0.3, 0.4) is 0 Å². The highest BCUT2D eigenvalue weighted by Gasteiger charge is 2.34. The number of hydrogen-bond acceptors (Lipinski definition) is 2. The van der Waals surface area contributed by atoms with E-state index in [4.69, 9.17) is 4.74 Å². The van der Waals surface area contributed by atoms with E-state index < -0.39 is 23.3 Å². The second kappa shape index (κ2) is 5.95. The van der Waals surface area contributed by atoms with Crippen LogP contribution < -0.4 is 0 Å². The van der Waals surface area contributed by atoms with Crippen LogP contribution in [0.2, 0.25) is 0 Å². The summed E-state index contributed by atoms with van der Waals surface area (Å²) in [6.45, 7) is 0.346. The molecule has 1 aromatic carbocycles. The molecule has 0 aliphatic rings. The highest BCUT2D eigenvalue weighted by molar-refractivity contribution is 5.96. The quantitative estimate of drug-likeness (QED) is 0.462. The Hall–Kier alpha value is -1.43. The van der Waals surface area contributed by atoms with Gasteiger partial charge in [0.2, 0.25) is 0 Å². The third-order valence-electron chi connectivity index (χ3n) is 2.35. The molecule has 0 spiro atoms. The maximum absolute atomic E-state index is 13.0. The number of methoxy groups -OCH3 is 1. The monoisotopic (exact) mass is 264 g/mol. The van der Waals surface area contributed by atoms with Gasteiger partial charge in [0.15, 0.2) is 5.78 Å². The predicted molar refractivity (Wildman–Crippen MR) is 56.8 cm³/mol. The summed E-state index contributed by atoms with van der Waals surface area (Å²) < 4.78 is 55.0. The summed E-state index contributed by atoms with van der Waals surface area (Å²) in [7, 11) is 1.46. The van der Waals surface area contributed by atoms with Crippen LogP contribution in [0.15, 0.2) is 18.2 Å². The van der Waals surface area contributed by atoms with Gasteiger partial charge in [-0.1, -0.05) is 0 Å². The van der Waals surface area contributed by atoms with Crippen molar-refractivity contribution >= 4 is 5.78 Å². The molecule has 2 nitrogen and oxygen atoms in total. The molecule has 0 aliphatic carbocycles. The van der Waals surface area contributed by atoms with Crippen molar-refractivity contribution in [1.82, 2.24) is 0 Å². The molecular weight excluding hydrogens is 252 g/mol. The molecule has 0 atom stereocenters. The first kappa shape index (κ1) is 14.6. The van der Waals surface area contributed by atoms with Crippen LogP contribution in [0.1, 0.15) is 28.8 Å². The van der Waals surface area contributed by atoms with E-state index in [2.05, 4.69) is 0 Å². The zero-order valence-electron chi connectivity index (χ0n) is 9.68. The lowest BCUT2D eigenvalue weighted by atomic mass is 10.0. The molecule has 1 rings (SSSR count). The predicted octanol–water partition coefficient (Wildman–Crippen LogP) is 3.45. The SMILES string of the molecule is COCCCC(=O)c1ccc(F)c(C(F)(F)F)c1. The van der Waals surface area contributed by atoms with E-state index in [1.165, 1.54) is 7.11 Å². The van der Waals surface area contributed by atoms with Crippen LogP contribution in [0, 0.1) is 5.82 Å². The Morgan fingerprint density at radius 3 is 2.56 bits per heavy atom. The number of alkyl halides is 3. The Morgan fingerprint density at radius 1 is 1.33 bits per heavy atom. The van der Waals surface area contributed by atoms with E-state index >= 15 is 0 Å². The highest BCUT2D eigenvalue weighted by Crippen LogP contribution is 2.32. The molecule has 0 aliphatic heterocycles. The van der Waals surface area contributed by atoms with Crippen LogP contribution in [0.4, 0.5) is 17.6 Å². The van der Waals surface area contributed by atoms with E-state index in [0.717, 1.165) is 6.07 Å². The van der Waals surface area contributed by atoms with Gasteiger partial charge in [0.05, 0.1) is 5.56 Å². The largest absolute Gasteiger partial charge is 0.419 e. The average molecular weight is 264 g/mol. The molecule has 0 fully saturated rings. The Kier molecular flexibility index (Phi) is 4.84. The Balaban J connectivity index is 2.88. The van der Waals surface area contributed by atoms with Crippen LogP contribution in [0.5, 0.6) is 0 Å². The molecule has 1 aromatic rings. The van der Waals surface area contributed by atoms with Crippen LogP contribution in [0.25, 0.3) is 0 Å². The Bertz CT molecular complexity index is 427. The number of ether oxygens (including phenoxy) is 1. The number of rotatable bonds is 5. The standard InChI is InChI=1S/C12H12F4O2/c1-18-6-2-3-11(17)8-4-5-10(13)9(7-8)12(14,15)16/h4-5,7H,2-3,6H2,1H3. The fraction of sp³-hybridized carbons (Fsp3) is 0.417. The van der Waals surface area contributed by atoms with Crippen molar-refractivity contribution in [2.75, 3.05) is 13.7 Å².